The molecule has 1 aliphatic rings. The minimum absolute atomic E-state index is 0.475. The molecular weight excluding hydrogens is 202 g/mol. The van der Waals surface area contributed by atoms with Crippen LogP contribution in [0.25, 0.3) is 0 Å². The number of aromatic nitrogens is 1. The predicted octanol–water partition coefficient (Wildman–Crippen LogP) is 2.66. The average Bonchev–Trinajstić information content (AvgIpc) is 2.78. The first-order valence-electron chi connectivity index (χ1n) is 5.86. The summed E-state index contributed by atoms with van der Waals surface area (Å²) < 4.78 is 0. The Hall–Kier alpha value is -1.38. The van der Waals surface area contributed by atoms with Crippen molar-refractivity contribution in [1.29, 1.82) is 0 Å². The molecule has 1 aliphatic carbocycles. The van der Waals surface area contributed by atoms with Crippen molar-refractivity contribution in [3.05, 3.63) is 30.1 Å². The lowest BCUT2D eigenvalue weighted by atomic mass is 9.81. The first-order valence-corrected chi connectivity index (χ1v) is 5.86. The molecule has 1 fully saturated rings. The molecule has 1 N–H and O–H groups in total. The predicted molar refractivity (Wildman–Crippen MR) is 61.1 cm³/mol. The highest BCUT2D eigenvalue weighted by molar-refractivity contribution is 5.75. The van der Waals surface area contributed by atoms with Crippen LogP contribution < -0.4 is 0 Å². The van der Waals surface area contributed by atoms with Gasteiger partial charge in [0.1, 0.15) is 0 Å². The summed E-state index contributed by atoms with van der Waals surface area (Å²) in [6.07, 6.45) is 7.01. The number of carboxylic acids is 1. The molecule has 2 rings (SSSR count). The SMILES string of the molecule is O=C(O)C1(CCc2ccccn2)CCCC1. The van der Waals surface area contributed by atoms with Crippen molar-refractivity contribution >= 4 is 5.97 Å². The van der Waals surface area contributed by atoms with Gasteiger partial charge in [-0.3, -0.25) is 9.78 Å². The fourth-order valence-corrected chi connectivity index (χ4v) is 2.54. The molecule has 16 heavy (non-hydrogen) atoms. The Bertz CT molecular complexity index is 355. The molecule has 86 valence electrons. The van der Waals surface area contributed by atoms with Gasteiger partial charge < -0.3 is 5.11 Å². The number of aliphatic carboxylic acids is 1. The minimum Gasteiger partial charge on any atom is -0.481 e. The summed E-state index contributed by atoms with van der Waals surface area (Å²) in [6.45, 7) is 0. The van der Waals surface area contributed by atoms with Crippen molar-refractivity contribution in [2.45, 2.75) is 38.5 Å². The highest BCUT2D eigenvalue weighted by Gasteiger charge is 2.40. The number of pyridine rings is 1. The van der Waals surface area contributed by atoms with Gasteiger partial charge in [-0.2, -0.15) is 0 Å². The smallest absolute Gasteiger partial charge is 0.309 e. The van der Waals surface area contributed by atoms with E-state index < -0.39 is 11.4 Å². The number of hydrogen-bond donors (Lipinski definition) is 1. The average molecular weight is 219 g/mol. The summed E-state index contributed by atoms with van der Waals surface area (Å²) in [6, 6.07) is 5.79. The Morgan fingerprint density at radius 1 is 1.38 bits per heavy atom. The fraction of sp³-hybridized carbons (Fsp3) is 0.538. The zero-order chi connectivity index (χ0) is 11.4. The molecule has 0 unspecified atom stereocenters. The molecule has 1 saturated carbocycles. The molecule has 0 saturated heterocycles. The Labute approximate surface area is 95.5 Å². The normalized spacial score (nSPS) is 18.5. The van der Waals surface area contributed by atoms with Crippen LogP contribution in [0.1, 0.15) is 37.8 Å². The molecule has 0 bridgehead atoms. The summed E-state index contributed by atoms with van der Waals surface area (Å²) in [7, 11) is 0. The summed E-state index contributed by atoms with van der Waals surface area (Å²) in [5.41, 5.74) is 0.521. The maximum absolute atomic E-state index is 11.3. The van der Waals surface area contributed by atoms with Gasteiger partial charge in [-0.25, -0.2) is 0 Å². The molecule has 0 radical (unpaired) electrons. The monoisotopic (exact) mass is 219 g/mol. The lowest BCUT2D eigenvalue weighted by Crippen LogP contribution is -2.28. The second kappa shape index (κ2) is 4.64. The van der Waals surface area contributed by atoms with E-state index in [1.54, 1.807) is 6.20 Å². The van der Waals surface area contributed by atoms with Gasteiger partial charge in [0.05, 0.1) is 5.41 Å². The standard InChI is InChI=1S/C13H17NO2/c15-12(16)13(7-2-3-8-13)9-6-11-5-1-4-10-14-11/h1,4-5,10H,2-3,6-9H2,(H,15,16). The Balaban J connectivity index is 2.00. The van der Waals surface area contributed by atoms with Gasteiger partial charge in [0.25, 0.3) is 0 Å². The molecule has 3 heteroatoms. The van der Waals surface area contributed by atoms with E-state index in [1.165, 1.54) is 0 Å². The molecule has 0 amide bonds. The van der Waals surface area contributed by atoms with Gasteiger partial charge in [-0.1, -0.05) is 18.9 Å². The zero-order valence-corrected chi connectivity index (χ0v) is 9.35. The molecule has 1 aromatic rings. The van der Waals surface area contributed by atoms with E-state index in [-0.39, 0.29) is 0 Å². The van der Waals surface area contributed by atoms with E-state index in [0.717, 1.165) is 44.2 Å². The quantitative estimate of drug-likeness (QED) is 0.847. The summed E-state index contributed by atoms with van der Waals surface area (Å²) in [4.78, 5) is 15.6. The van der Waals surface area contributed by atoms with Crippen molar-refractivity contribution in [3.8, 4) is 0 Å². The van der Waals surface area contributed by atoms with Crippen LogP contribution >= 0.6 is 0 Å². The van der Waals surface area contributed by atoms with Crippen LogP contribution in [-0.2, 0) is 11.2 Å². The number of nitrogens with zero attached hydrogens (tertiary/aromatic N) is 1. The highest BCUT2D eigenvalue weighted by atomic mass is 16.4. The first kappa shape index (κ1) is 11.1. The topological polar surface area (TPSA) is 50.2 Å². The van der Waals surface area contributed by atoms with Crippen LogP contribution in [0.15, 0.2) is 24.4 Å². The molecule has 0 aliphatic heterocycles. The third kappa shape index (κ3) is 2.23. The molecule has 0 spiro atoms. The van der Waals surface area contributed by atoms with Crippen LogP contribution in [0.4, 0.5) is 0 Å². The maximum Gasteiger partial charge on any atom is 0.309 e. The number of carboxylic acid groups (broad SMARTS) is 1. The van der Waals surface area contributed by atoms with E-state index in [9.17, 15) is 9.90 Å². The summed E-state index contributed by atoms with van der Waals surface area (Å²) >= 11 is 0. The van der Waals surface area contributed by atoms with E-state index in [4.69, 9.17) is 0 Å². The van der Waals surface area contributed by atoms with Gasteiger partial charge in [-0.15, -0.1) is 0 Å². The first-order chi connectivity index (χ1) is 7.73. The van der Waals surface area contributed by atoms with Gasteiger partial charge >= 0.3 is 5.97 Å². The summed E-state index contributed by atoms with van der Waals surface area (Å²) in [5.74, 6) is -0.624. The van der Waals surface area contributed by atoms with Crippen molar-refractivity contribution in [2.75, 3.05) is 0 Å². The molecule has 1 heterocycles. The number of aryl methyl sites for hydroxylation is 1. The third-order valence-electron chi connectivity index (χ3n) is 3.60. The number of rotatable bonds is 4. The van der Waals surface area contributed by atoms with Crippen molar-refractivity contribution in [2.24, 2.45) is 5.41 Å². The van der Waals surface area contributed by atoms with Gasteiger partial charge in [0, 0.05) is 11.9 Å². The largest absolute Gasteiger partial charge is 0.481 e. The lowest BCUT2D eigenvalue weighted by molar-refractivity contribution is -0.149. The fourth-order valence-electron chi connectivity index (χ4n) is 2.54. The van der Waals surface area contributed by atoms with Gasteiger partial charge in [0.15, 0.2) is 0 Å². The van der Waals surface area contributed by atoms with Crippen LogP contribution in [-0.4, -0.2) is 16.1 Å². The van der Waals surface area contributed by atoms with Crippen LogP contribution in [0.5, 0.6) is 0 Å². The molecule has 0 atom stereocenters. The van der Waals surface area contributed by atoms with Crippen LogP contribution in [0.2, 0.25) is 0 Å². The Kier molecular flexibility index (Phi) is 3.22. The van der Waals surface area contributed by atoms with E-state index in [1.807, 2.05) is 18.2 Å². The van der Waals surface area contributed by atoms with Crippen LogP contribution in [0, 0.1) is 5.41 Å². The van der Waals surface area contributed by atoms with E-state index in [0.29, 0.717) is 0 Å². The van der Waals surface area contributed by atoms with Gasteiger partial charge in [0.2, 0.25) is 0 Å². The Morgan fingerprint density at radius 2 is 2.12 bits per heavy atom. The molecule has 0 aromatic carbocycles. The molecule has 3 nitrogen and oxygen atoms in total. The second-order valence-electron chi connectivity index (χ2n) is 4.61. The minimum atomic E-state index is -0.624. The van der Waals surface area contributed by atoms with Gasteiger partial charge in [-0.05, 0) is 37.8 Å². The third-order valence-corrected chi connectivity index (χ3v) is 3.60. The lowest BCUT2D eigenvalue weighted by Gasteiger charge is -2.23. The van der Waals surface area contributed by atoms with Crippen LogP contribution in [0.3, 0.4) is 0 Å². The van der Waals surface area contributed by atoms with Crippen molar-refractivity contribution in [3.63, 3.8) is 0 Å². The molecular formula is C13H17NO2. The summed E-state index contributed by atoms with van der Waals surface area (Å²) in [5, 5.41) is 9.32. The Morgan fingerprint density at radius 3 is 2.69 bits per heavy atom. The number of hydrogen-bond acceptors (Lipinski definition) is 2. The van der Waals surface area contributed by atoms with E-state index >= 15 is 0 Å². The molecule has 1 aromatic heterocycles. The van der Waals surface area contributed by atoms with Crippen molar-refractivity contribution < 1.29 is 9.90 Å². The second-order valence-corrected chi connectivity index (χ2v) is 4.61. The number of carbonyl (C=O) groups is 1. The van der Waals surface area contributed by atoms with Crippen molar-refractivity contribution in [1.82, 2.24) is 4.98 Å². The maximum atomic E-state index is 11.3. The zero-order valence-electron chi connectivity index (χ0n) is 9.35. The van der Waals surface area contributed by atoms with E-state index in [2.05, 4.69) is 4.98 Å². The highest BCUT2D eigenvalue weighted by Crippen LogP contribution is 2.41.